The maximum atomic E-state index is 11.3. The van der Waals surface area contributed by atoms with E-state index in [2.05, 4.69) is 14.8 Å². The number of rotatable bonds is 4. The molecular formula is C14H19ClN4O3. The summed E-state index contributed by atoms with van der Waals surface area (Å²) in [6.07, 6.45) is 3.53. The highest BCUT2D eigenvalue weighted by Gasteiger charge is 2.32. The van der Waals surface area contributed by atoms with E-state index in [9.17, 15) is 10.1 Å². The summed E-state index contributed by atoms with van der Waals surface area (Å²) in [6, 6.07) is 1.64. The van der Waals surface area contributed by atoms with Gasteiger partial charge in [0.1, 0.15) is 0 Å². The Morgan fingerprint density at radius 3 is 2.91 bits per heavy atom. The van der Waals surface area contributed by atoms with Gasteiger partial charge in [-0.1, -0.05) is 11.6 Å². The molecule has 2 saturated heterocycles. The zero-order valence-electron chi connectivity index (χ0n) is 12.3. The largest absolute Gasteiger partial charge is 0.379 e. The fourth-order valence-corrected chi connectivity index (χ4v) is 3.32. The van der Waals surface area contributed by atoms with Crippen LogP contribution in [-0.4, -0.2) is 60.2 Å². The monoisotopic (exact) mass is 326 g/mol. The van der Waals surface area contributed by atoms with E-state index in [1.807, 2.05) is 0 Å². The van der Waals surface area contributed by atoms with Crippen LogP contribution in [-0.2, 0) is 4.74 Å². The lowest BCUT2D eigenvalue weighted by molar-refractivity contribution is -0.384. The van der Waals surface area contributed by atoms with E-state index >= 15 is 0 Å². The summed E-state index contributed by atoms with van der Waals surface area (Å²) in [5.41, 5.74) is -0.0126. The number of halogens is 1. The van der Waals surface area contributed by atoms with Gasteiger partial charge in [-0.2, -0.15) is 0 Å². The summed E-state index contributed by atoms with van der Waals surface area (Å²) < 4.78 is 5.37. The van der Waals surface area contributed by atoms with Crippen molar-refractivity contribution in [2.24, 2.45) is 0 Å². The maximum absolute atomic E-state index is 11.3. The summed E-state index contributed by atoms with van der Waals surface area (Å²) in [5.74, 6) is 0.435. The first kappa shape index (κ1) is 15.5. The topological polar surface area (TPSA) is 71.7 Å². The summed E-state index contributed by atoms with van der Waals surface area (Å²) >= 11 is 5.85. The van der Waals surface area contributed by atoms with Gasteiger partial charge in [0, 0.05) is 44.5 Å². The van der Waals surface area contributed by atoms with Crippen LogP contribution in [0.1, 0.15) is 12.8 Å². The van der Waals surface area contributed by atoms with Crippen molar-refractivity contribution < 1.29 is 9.66 Å². The molecule has 1 unspecified atom stereocenters. The summed E-state index contributed by atoms with van der Waals surface area (Å²) in [6.45, 7) is 5.04. The minimum Gasteiger partial charge on any atom is -0.379 e. The molecule has 7 nitrogen and oxygen atoms in total. The Kier molecular flexibility index (Phi) is 4.75. The summed E-state index contributed by atoms with van der Waals surface area (Å²) in [7, 11) is 0. The van der Waals surface area contributed by atoms with Gasteiger partial charge in [0.05, 0.1) is 23.2 Å². The normalized spacial score (nSPS) is 23.0. The molecule has 120 valence electrons. The van der Waals surface area contributed by atoms with Crippen molar-refractivity contribution in [1.29, 1.82) is 0 Å². The van der Waals surface area contributed by atoms with E-state index in [-0.39, 0.29) is 11.7 Å². The van der Waals surface area contributed by atoms with Crippen molar-refractivity contribution >= 4 is 23.1 Å². The number of aromatic nitrogens is 1. The number of morpholine rings is 1. The van der Waals surface area contributed by atoms with E-state index in [0.717, 1.165) is 52.2 Å². The molecule has 22 heavy (non-hydrogen) atoms. The average Bonchev–Trinajstić information content (AvgIpc) is 2.96. The molecule has 1 atom stereocenters. The molecule has 0 aliphatic carbocycles. The Hall–Kier alpha value is -1.44. The van der Waals surface area contributed by atoms with Crippen molar-refractivity contribution in [1.82, 2.24) is 9.88 Å². The van der Waals surface area contributed by atoms with Crippen LogP contribution < -0.4 is 4.90 Å². The highest BCUT2D eigenvalue weighted by Crippen LogP contribution is 2.33. The molecule has 0 amide bonds. The smallest absolute Gasteiger partial charge is 0.313 e. The Morgan fingerprint density at radius 2 is 2.18 bits per heavy atom. The number of anilines is 1. The van der Waals surface area contributed by atoms with E-state index in [1.54, 1.807) is 0 Å². The van der Waals surface area contributed by atoms with Crippen molar-refractivity contribution in [2.45, 2.75) is 18.9 Å². The van der Waals surface area contributed by atoms with Gasteiger partial charge in [-0.3, -0.25) is 15.0 Å². The number of hydrogen-bond acceptors (Lipinski definition) is 6. The average molecular weight is 327 g/mol. The van der Waals surface area contributed by atoms with Crippen LogP contribution in [0.2, 0.25) is 5.02 Å². The third kappa shape index (κ3) is 3.31. The molecule has 2 fully saturated rings. The molecular weight excluding hydrogens is 308 g/mol. The third-order valence-electron chi connectivity index (χ3n) is 4.23. The Morgan fingerprint density at radius 1 is 1.41 bits per heavy atom. The second-order valence-electron chi connectivity index (χ2n) is 5.66. The predicted octanol–water partition coefficient (Wildman–Crippen LogP) is 1.94. The number of nitro groups is 1. The highest BCUT2D eigenvalue weighted by atomic mass is 35.5. The molecule has 0 N–H and O–H groups in total. The molecule has 2 aliphatic rings. The van der Waals surface area contributed by atoms with E-state index in [4.69, 9.17) is 16.3 Å². The fraction of sp³-hybridized carbons (Fsp3) is 0.643. The van der Waals surface area contributed by atoms with Gasteiger partial charge in [0.2, 0.25) is 5.82 Å². The SMILES string of the molecule is O=[N+]([O-])c1cc(Cl)cnc1N1CCCC1CN1CCOCC1. The summed E-state index contributed by atoms with van der Waals surface area (Å²) in [5, 5.41) is 11.6. The van der Waals surface area contributed by atoms with Crippen LogP contribution >= 0.6 is 11.6 Å². The van der Waals surface area contributed by atoms with Crippen molar-refractivity contribution in [2.75, 3.05) is 44.3 Å². The number of pyridine rings is 1. The molecule has 1 aromatic heterocycles. The molecule has 0 spiro atoms. The van der Waals surface area contributed by atoms with Crippen LogP contribution in [0.4, 0.5) is 11.5 Å². The first-order valence-corrected chi connectivity index (χ1v) is 7.89. The van der Waals surface area contributed by atoms with E-state index < -0.39 is 4.92 Å². The minimum absolute atomic E-state index is 0.0126. The van der Waals surface area contributed by atoms with Gasteiger partial charge < -0.3 is 9.64 Å². The molecule has 0 aromatic carbocycles. The molecule has 3 heterocycles. The van der Waals surface area contributed by atoms with E-state index in [0.29, 0.717) is 10.8 Å². The minimum atomic E-state index is -0.404. The van der Waals surface area contributed by atoms with Crippen LogP contribution in [0.25, 0.3) is 0 Å². The fourth-order valence-electron chi connectivity index (χ4n) is 3.16. The first-order chi connectivity index (χ1) is 10.6. The maximum Gasteiger partial charge on any atom is 0.313 e. The lowest BCUT2D eigenvalue weighted by Gasteiger charge is -2.33. The highest BCUT2D eigenvalue weighted by molar-refractivity contribution is 6.30. The van der Waals surface area contributed by atoms with Gasteiger partial charge in [0.25, 0.3) is 0 Å². The lowest BCUT2D eigenvalue weighted by atomic mass is 10.2. The zero-order chi connectivity index (χ0) is 15.5. The third-order valence-corrected chi connectivity index (χ3v) is 4.44. The van der Waals surface area contributed by atoms with Crippen molar-refractivity contribution in [3.63, 3.8) is 0 Å². The molecule has 0 bridgehead atoms. The van der Waals surface area contributed by atoms with Gasteiger partial charge in [-0.25, -0.2) is 4.98 Å². The van der Waals surface area contributed by atoms with E-state index in [1.165, 1.54) is 12.3 Å². The Balaban J connectivity index is 1.79. The van der Waals surface area contributed by atoms with Gasteiger partial charge in [-0.15, -0.1) is 0 Å². The molecule has 3 rings (SSSR count). The van der Waals surface area contributed by atoms with Gasteiger partial charge in [-0.05, 0) is 12.8 Å². The second-order valence-corrected chi connectivity index (χ2v) is 6.09. The zero-order valence-corrected chi connectivity index (χ0v) is 13.0. The van der Waals surface area contributed by atoms with Gasteiger partial charge in [0.15, 0.2) is 0 Å². The van der Waals surface area contributed by atoms with Gasteiger partial charge >= 0.3 is 5.69 Å². The molecule has 2 aliphatic heterocycles. The second kappa shape index (κ2) is 6.76. The van der Waals surface area contributed by atoms with Crippen molar-refractivity contribution in [3.8, 4) is 0 Å². The van der Waals surface area contributed by atoms with Crippen LogP contribution in [0.3, 0.4) is 0 Å². The number of ether oxygens (including phenoxy) is 1. The first-order valence-electron chi connectivity index (χ1n) is 7.52. The standard InChI is InChI=1S/C14H19ClN4O3/c15-11-8-13(19(20)21)14(16-9-11)18-3-1-2-12(18)10-17-4-6-22-7-5-17/h8-9,12H,1-7,10H2. The molecule has 0 radical (unpaired) electrons. The predicted molar refractivity (Wildman–Crippen MR) is 83.5 cm³/mol. The summed E-state index contributed by atoms with van der Waals surface area (Å²) in [4.78, 5) is 19.5. The van der Waals surface area contributed by atoms with Crippen LogP contribution in [0.15, 0.2) is 12.3 Å². The Bertz CT molecular complexity index is 551. The Labute approximate surface area is 134 Å². The quantitative estimate of drug-likeness (QED) is 0.622. The molecule has 0 saturated carbocycles. The van der Waals surface area contributed by atoms with Crippen LogP contribution in [0, 0.1) is 10.1 Å². The number of nitrogens with zero attached hydrogens (tertiary/aromatic N) is 4. The lowest BCUT2D eigenvalue weighted by Crippen LogP contribution is -2.45. The van der Waals surface area contributed by atoms with Crippen LogP contribution in [0.5, 0.6) is 0 Å². The molecule has 1 aromatic rings. The number of hydrogen-bond donors (Lipinski definition) is 0. The van der Waals surface area contributed by atoms with Crippen molar-refractivity contribution in [3.05, 3.63) is 27.4 Å². The molecule has 8 heteroatoms.